The first kappa shape index (κ1) is 20.1. The van der Waals surface area contributed by atoms with E-state index in [0.29, 0.717) is 41.2 Å². The Balaban J connectivity index is 1.56. The molecule has 0 amide bonds. The summed E-state index contributed by atoms with van der Waals surface area (Å²) in [5.41, 5.74) is 2.40. The largest absolute Gasteiger partial charge is 0.493 e. The van der Waals surface area contributed by atoms with E-state index in [4.69, 9.17) is 26.1 Å². The van der Waals surface area contributed by atoms with Gasteiger partial charge in [-0.3, -0.25) is 4.90 Å². The number of para-hydroxylation sites is 1. The third-order valence-corrected chi connectivity index (χ3v) is 6.31. The molecule has 0 aliphatic heterocycles. The first-order valence-electron chi connectivity index (χ1n) is 9.43. The molecular weight excluding hydrogens is 411 g/mol. The minimum atomic E-state index is -0.261. The smallest absolute Gasteiger partial charge is 0.170 e. The van der Waals surface area contributed by atoms with Crippen molar-refractivity contribution in [3.05, 3.63) is 63.9 Å². The molecule has 3 aromatic rings. The van der Waals surface area contributed by atoms with E-state index in [2.05, 4.69) is 4.90 Å². The highest BCUT2D eigenvalue weighted by atomic mass is 35.5. The summed E-state index contributed by atoms with van der Waals surface area (Å²) in [4.78, 5) is 7.07. The zero-order valence-electron chi connectivity index (χ0n) is 16.3. The van der Waals surface area contributed by atoms with Gasteiger partial charge in [0.15, 0.2) is 11.5 Å². The van der Waals surface area contributed by atoms with E-state index >= 15 is 0 Å². The molecule has 0 bridgehead atoms. The first-order chi connectivity index (χ1) is 14.1. The maximum Gasteiger partial charge on any atom is 0.170 e. The van der Waals surface area contributed by atoms with Gasteiger partial charge in [-0.05, 0) is 37.1 Å². The quantitative estimate of drug-likeness (QED) is 0.451. The van der Waals surface area contributed by atoms with Crippen molar-refractivity contribution >= 4 is 22.9 Å². The van der Waals surface area contributed by atoms with Gasteiger partial charge in [0.25, 0.3) is 0 Å². The van der Waals surface area contributed by atoms with Gasteiger partial charge in [0.2, 0.25) is 0 Å². The van der Waals surface area contributed by atoms with E-state index in [1.165, 1.54) is 6.07 Å². The van der Waals surface area contributed by atoms with Crippen molar-refractivity contribution in [2.45, 2.75) is 32.0 Å². The highest BCUT2D eigenvalue weighted by Crippen LogP contribution is 2.39. The number of hydrogen-bond donors (Lipinski definition) is 0. The van der Waals surface area contributed by atoms with Crippen LogP contribution >= 0.6 is 22.9 Å². The van der Waals surface area contributed by atoms with E-state index in [-0.39, 0.29) is 5.82 Å². The van der Waals surface area contributed by atoms with Crippen LogP contribution in [0, 0.1) is 5.82 Å². The molecule has 0 radical (unpaired) electrons. The Labute approximate surface area is 178 Å². The average molecular weight is 433 g/mol. The molecule has 1 aliphatic rings. The molecule has 4 rings (SSSR count). The highest BCUT2D eigenvalue weighted by molar-refractivity contribution is 7.13. The predicted octanol–water partition coefficient (Wildman–Crippen LogP) is 5.78. The maximum absolute atomic E-state index is 14.3. The fourth-order valence-corrected chi connectivity index (χ4v) is 4.46. The summed E-state index contributed by atoms with van der Waals surface area (Å²) in [6.45, 7) is 1.13. The van der Waals surface area contributed by atoms with Crippen LogP contribution in [0.25, 0.3) is 10.6 Å². The van der Waals surface area contributed by atoms with Gasteiger partial charge in [-0.15, -0.1) is 11.3 Å². The number of thiazole rings is 1. The Kier molecular flexibility index (Phi) is 6.04. The molecule has 1 heterocycles. The molecule has 0 spiro atoms. The first-order valence-corrected chi connectivity index (χ1v) is 10.7. The fourth-order valence-electron chi connectivity index (χ4n) is 3.41. The number of rotatable bonds is 8. The molecule has 2 aromatic carbocycles. The summed E-state index contributed by atoms with van der Waals surface area (Å²) in [5.74, 6) is 1.09. The molecule has 1 aliphatic carbocycles. The molecule has 7 heteroatoms. The van der Waals surface area contributed by atoms with Gasteiger partial charge < -0.3 is 9.47 Å². The van der Waals surface area contributed by atoms with Crippen molar-refractivity contribution < 1.29 is 13.9 Å². The van der Waals surface area contributed by atoms with Gasteiger partial charge >= 0.3 is 0 Å². The number of ether oxygens (including phenoxy) is 2. The fraction of sp³-hybridized carbons (Fsp3) is 0.318. The van der Waals surface area contributed by atoms with Crippen LogP contribution in [0.4, 0.5) is 4.39 Å². The van der Waals surface area contributed by atoms with Crippen LogP contribution < -0.4 is 9.47 Å². The molecule has 0 N–H and O–H groups in total. The van der Waals surface area contributed by atoms with Gasteiger partial charge in [0.1, 0.15) is 10.8 Å². The van der Waals surface area contributed by atoms with Crippen LogP contribution in [-0.4, -0.2) is 30.1 Å². The van der Waals surface area contributed by atoms with Crippen molar-refractivity contribution in [1.29, 1.82) is 0 Å². The van der Waals surface area contributed by atoms with E-state index < -0.39 is 0 Å². The molecule has 152 valence electrons. The molecule has 0 saturated heterocycles. The van der Waals surface area contributed by atoms with Crippen LogP contribution in [0.15, 0.2) is 41.8 Å². The normalized spacial score (nSPS) is 13.7. The second kappa shape index (κ2) is 8.69. The minimum Gasteiger partial charge on any atom is -0.493 e. The minimum absolute atomic E-state index is 0.261. The number of halogens is 2. The van der Waals surface area contributed by atoms with Gasteiger partial charge in [-0.2, -0.15) is 0 Å². The van der Waals surface area contributed by atoms with Crippen molar-refractivity contribution in [2.75, 3.05) is 14.2 Å². The lowest BCUT2D eigenvalue weighted by molar-refractivity contribution is 0.240. The Morgan fingerprint density at radius 1 is 1.14 bits per heavy atom. The second-order valence-electron chi connectivity index (χ2n) is 7.02. The number of hydrogen-bond acceptors (Lipinski definition) is 5. The lowest BCUT2D eigenvalue weighted by Gasteiger charge is -2.22. The average Bonchev–Trinajstić information content (AvgIpc) is 3.48. The number of methoxy groups -OCH3 is 2. The van der Waals surface area contributed by atoms with E-state index in [9.17, 15) is 4.39 Å². The number of aromatic nitrogens is 1. The Hall–Kier alpha value is -2.15. The lowest BCUT2D eigenvalue weighted by atomic mass is 10.2. The zero-order valence-corrected chi connectivity index (χ0v) is 17.9. The van der Waals surface area contributed by atoms with Crippen LogP contribution in [-0.2, 0) is 13.1 Å². The summed E-state index contributed by atoms with van der Waals surface area (Å²) < 4.78 is 25.2. The molecule has 1 fully saturated rings. The Bertz CT molecular complexity index is 986. The van der Waals surface area contributed by atoms with E-state index in [1.807, 2.05) is 23.6 Å². The van der Waals surface area contributed by atoms with E-state index in [0.717, 1.165) is 29.1 Å². The van der Waals surface area contributed by atoms with Crippen LogP contribution in [0.1, 0.15) is 24.1 Å². The molecular formula is C22H22ClFN2O2S. The molecule has 0 unspecified atom stereocenters. The van der Waals surface area contributed by atoms with Crippen LogP contribution in [0.2, 0.25) is 5.02 Å². The maximum atomic E-state index is 14.3. The topological polar surface area (TPSA) is 34.6 Å². The van der Waals surface area contributed by atoms with Crippen molar-refractivity contribution in [3.63, 3.8) is 0 Å². The molecule has 1 saturated carbocycles. The molecule has 1 aromatic heterocycles. The van der Waals surface area contributed by atoms with Crippen LogP contribution in [0.3, 0.4) is 0 Å². The van der Waals surface area contributed by atoms with Gasteiger partial charge in [0.05, 0.1) is 25.5 Å². The number of benzene rings is 2. The summed E-state index contributed by atoms with van der Waals surface area (Å²) >= 11 is 7.81. The Morgan fingerprint density at radius 2 is 1.93 bits per heavy atom. The third-order valence-electron chi connectivity index (χ3n) is 5.04. The van der Waals surface area contributed by atoms with Crippen molar-refractivity contribution in [2.24, 2.45) is 0 Å². The monoisotopic (exact) mass is 432 g/mol. The highest BCUT2D eigenvalue weighted by Gasteiger charge is 2.30. The van der Waals surface area contributed by atoms with Crippen molar-refractivity contribution in [3.8, 4) is 22.1 Å². The van der Waals surface area contributed by atoms with Gasteiger partial charge in [-0.25, -0.2) is 9.37 Å². The summed E-state index contributed by atoms with van der Waals surface area (Å²) in [6, 6.07) is 11.0. The van der Waals surface area contributed by atoms with Gasteiger partial charge in [-0.1, -0.05) is 23.7 Å². The van der Waals surface area contributed by atoms with E-state index in [1.54, 1.807) is 37.7 Å². The zero-order chi connectivity index (χ0) is 20.4. The SMILES string of the molecule is COc1cccc(-c2nc(CN(Cc3c(F)cccc3Cl)C3CC3)cs2)c1OC. The second-order valence-corrected chi connectivity index (χ2v) is 8.29. The predicted molar refractivity (Wildman–Crippen MR) is 114 cm³/mol. The number of nitrogens with zero attached hydrogens (tertiary/aromatic N) is 2. The summed E-state index contributed by atoms with van der Waals surface area (Å²) in [6.07, 6.45) is 2.24. The lowest BCUT2D eigenvalue weighted by Crippen LogP contribution is -2.26. The third kappa shape index (κ3) is 4.39. The Morgan fingerprint density at radius 3 is 2.62 bits per heavy atom. The molecule has 0 atom stereocenters. The van der Waals surface area contributed by atoms with Gasteiger partial charge in [0, 0.05) is 35.1 Å². The summed E-state index contributed by atoms with van der Waals surface area (Å²) in [5, 5.41) is 3.39. The summed E-state index contributed by atoms with van der Waals surface area (Å²) in [7, 11) is 3.25. The molecule has 29 heavy (non-hydrogen) atoms. The standard InChI is InChI=1S/C22H22ClFN2O2S/c1-27-20-8-3-5-16(21(20)28-2)22-25-14(13-29-22)11-26(15-9-10-15)12-17-18(23)6-4-7-19(17)24/h3-8,13,15H,9-12H2,1-2H3. The molecule has 4 nitrogen and oxygen atoms in total. The van der Waals surface area contributed by atoms with Crippen LogP contribution in [0.5, 0.6) is 11.5 Å². The van der Waals surface area contributed by atoms with Crippen molar-refractivity contribution in [1.82, 2.24) is 9.88 Å².